The molecule has 1 rings (SSSR count). The molecule has 0 saturated carbocycles. The van der Waals surface area contributed by atoms with Gasteiger partial charge in [0.25, 0.3) is 0 Å². The molecule has 14 heavy (non-hydrogen) atoms. The van der Waals surface area contributed by atoms with Crippen molar-refractivity contribution in [3.63, 3.8) is 0 Å². The summed E-state index contributed by atoms with van der Waals surface area (Å²) in [5.41, 5.74) is 0. The van der Waals surface area contributed by atoms with Gasteiger partial charge in [-0.25, -0.2) is 0 Å². The molecule has 1 N–H and O–H groups in total. The molecule has 1 aliphatic rings. The third-order valence-corrected chi connectivity index (χ3v) is 2.64. The highest BCUT2D eigenvalue weighted by Gasteiger charge is 2.39. The molecule has 0 aromatic carbocycles. The Kier molecular flexibility index (Phi) is 4.19. The van der Waals surface area contributed by atoms with Crippen LogP contribution in [-0.2, 0) is 0 Å². The van der Waals surface area contributed by atoms with Crippen molar-refractivity contribution in [2.45, 2.75) is 19.5 Å². The number of nitrogens with zero attached hydrogens (tertiary/aromatic N) is 1. The molecule has 1 fully saturated rings. The zero-order chi connectivity index (χ0) is 10.6. The molecule has 0 spiro atoms. The molecule has 0 radical (unpaired) electrons. The van der Waals surface area contributed by atoms with E-state index in [1.54, 1.807) is 6.92 Å². The van der Waals surface area contributed by atoms with Crippen molar-refractivity contribution in [3.8, 4) is 0 Å². The van der Waals surface area contributed by atoms with Crippen LogP contribution >= 0.6 is 0 Å². The minimum absolute atomic E-state index is 0.154. The molecule has 0 bridgehead atoms. The van der Waals surface area contributed by atoms with Gasteiger partial charge in [-0.15, -0.1) is 0 Å². The molecule has 0 aromatic rings. The lowest BCUT2D eigenvalue weighted by Gasteiger charge is -2.31. The van der Waals surface area contributed by atoms with Crippen LogP contribution in [0.25, 0.3) is 0 Å². The van der Waals surface area contributed by atoms with Gasteiger partial charge < -0.3 is 10.2 Å². The average molecular weight is 210 g/mol. The van der Waals surface area contributed by atoms with Crippen molar-refractivity contribution >= 4 is 0 Å². The van der Waals surface area contributed by atoms with E-state index >= 15 is 0 Å². The maximum Gasteiger partial charge on any atom is 0.393 e. The number of halogens is 3. The highest BCUT2D eigenvalue weighted by Crippen LogP contribution is 2.29. The number of nitrogens with one attached hydrogen (secondary N) is 1. The number of hydrogen-bond acceptors (Lipinski definition) is 2. The topological polar surface area (TPSA) is 15.3 Å². The van der Waals surface area contributed by atoms with Crippen molar-refractivity contribution in [3.05, 3.63) is 0 Å². The SMILES string of the molecule is CCC(CN1CCNCC1)C(F)(F)F. The quantitative estimate of drug-likeness (QED) is 0.759. The second-order valence-corrected chi connectivity index (χ2v) is 3.70. The third kappa shape index (κ3) is 3.46. The Morgan fingerprint density at radius 2 is 1.86 bits per heavy atom. The molecule has 0 aliphatic carbocycles. The summed E-state index contributed by atoms with van der Waals surface area (Å²) in [7, 11) is 0. The molecule has 5 heteroatoms. The van der Waals surface area contributed by atoms with Crippen LogP contribution in [0.1, 0.15) is 13.3 Å². The van der Waals surface area contributed by atoms with Crippen molar-refractivity contribution in [2.75, 3.05) is 32.7 Å². The first-order valence-electron chi connectivity index (χ1n) is 5.04. The predicted octanol–water partition coefficient (Wildman–Crippen LogP) is 1.48. The summed E-state index contributed by atoms with van der Waals surface area (Å²) < 4.78 is 37.3. The molecule has 84 valence electrons. The summed E-state index contributed by atoms with van der Waals surface area (Å²) in [6, 6.07) is 0. The van der Waals surface area contributed by atoms with E-state index in [0.717, 1.165) is 26.2 Å². The van der Waals surface area contributed by atoms with Gasteiger partial charge in [-0.1, -0.05) is 6.92 Å². The first-order chi connectivity index (χ1) is 6.54. The third-order valence-electron chi connectivity index (χ3n) is 2.64. The highest BCUT2D eigenvalue weighted by atomic mass is 19.4. The summed E-state index contributed by atoms with van der Waals surface area (Å²) in [6.45, 7) is 4.81. The summed E-state index contributed by atoms with van der Waals surface area (Å²) in [5.74, 6) is -1.17. The molecule has 1 unspecified atom stereocenters. The Morgan fingerprint density at radius 1 is 1.29 bits per heavy atom. The van der Waals surface area contributed by atoms with E-state index in [-0.39, 0.29) is 13.0 Å². The lowest BCUT2D eigenvalue weighted by atomic mass is 10.1. The van der Waals surface area contributed by atoms with E-state index < -0.39 is 12.1 Å². The van der Waals surface area contributed by atoms with Crippen molar-refractivity contribution in [2.24, 2.45) is 5.92 Å². The lowest BCUT2D eigenvalue weighted by Crippen LogP contribution is -2.47. The molecule has 1 heterocycles. The minimum atomic E-state index is -4.04. The summed E-state index contributed by atoms with van der Waals surface area (Å²) >= 11 is 0. The van der Waals surface area contributed by atoms with Crippen molar-refractivity contribution in [1.29, 1.82) is 0 Å². The molecule has 1 atom stereocenters. The molecule has 1 aliphatic heterocycles. The van der Waals surface area contributed by atoms with Crippen LogP contribution in [0, 0.1) is 5.92 Å². The maximum absolute atomic E-state index is 12.4. The van der Waals surface area contributed by atoms with Crippen molar-refractivity contribution < 1.29 is 13.2 Å². The first-order valence-corrected chi connectivity index (χ1v) is 5.04. The molecular weight excluding hydrogens is 193 g/mol. The standard InChI is InChI=1S/C9H17F3N2/c1-2-8(9(10,11)12)7-14-5-3-13-4-6-14/h8,13H,2-7H2,1H3. The summed E-state index contributed by atoms with van der Waals surface area (Å²) in [6.07, 6.45) is -3.87. The van der Waals surface area contributed by atoms with Crippen molar-refractivity contribution in [1.82, 2.24) is 10.2 Å². The Hall–Kier alpha value is -0.290. The Balaban J connectivity index is 2.39. The van der Waals surface area contributed by atoms with Gasteiger partial charge in [0.15, 0.2) is 0 Å². The normalized spacial score (nSPS) is 22.3. The van der Waals surface area contributed by atoms with E-state index in [1.807, 2.05) is 4.90 Å². The smallest absolute Gasteiger partial charge is 0.314 e. The second-order valence-electron chi connectivity index (χ2n) is 3.70. The molecule has 2 nitrogen and oxygen atoms in total. The minimum Gasteiger partial charge on any atom is -0.314 e. The molecule has 1 saturated heterocycles. The molecule has 0 amide bonds. The zero-order valence-electron chi connectivity index (χ0n) is 8.40. The van der Waals surface area contributed by atoms with Gasteiger partial charge in [0.05, 0.1) is 5.92 Å². The largest absolute Gasteiger partial charge is 0.393 e. The lowest BCUT2D eigenvalue weighted by molar-refractivity contribution is -0.180. The van der Waals surface area contributed by atoms with Gasteiger partial charge in [-0.2, -0.15) is 13.2 Å². The number of rotatable bonds is 3. The Labute approximate surface area is 82.5 Å². The van der Waals surface area contributed by atoms with Gasteiger partial charge >= 0.3 is 6.18 Å². The van der Waals surface area contributed by atoms with Crippen LogP contribution in [-0.4, -0.2) is 43.8 Å². The maximum atomic E-state index is 12.4. The van der Waals surface area contributed by atoms with Gasteiger partial charge in [0, 0.05) is 32.7 Å². The predicted molar refractivity (Wildman–Crippen MR) is 49.1 cm³/mol. The molecule has 0 aromatic heterocycles. The van der Waals surface area contributed by atoms with E-state index in [0.29, 0.717) is 0 Å². The van der Waals surface area contributed by atoms with Crippen LogP contribution in [0.2, 0.25) is 0 Å². The van der Waals surface area contributed by atoms with Crippen LogP contribution in [0.5, 0.6) is 0 Å². The summed E-state index contributed by atoms with van der Waals surface area (Å²) in [5, 5.41) is 3.12. The van der Waals surface area contributed by atoms with Gasteiger partial charge in [0.1, 0.15) is 0 Å². The van der Waals surface area contributed by atoms with Crippen LogP contribution in [0.4, 0.5) is 13.2 Å². The highest BCUT2D eigenvalue weighted by molar-refractivity contribution is 4.74. The van der Waals surface area contributed by atoms with E-state index in [4.69, 9.17) is 0 Å². The zero-order valence-corrected chi connectivity index (χ0v) is 8.40. The van der Waals surface area contributed by atoms with Gasteiger partial charge in [-0.3, -0.25) is 0 Å². The molecular formula is C9H17F3N2. The van der Waals surface area contributed by atoms with E-state index in [9.17, 15) is 13.2 Å². The fourth-order valence-electron chi connectivity index (χ4n) is 1.67. The van der Waals surface area contributed by atoms with Crippen LogP contribution in [0.3, 0.4) is 0 Å². The fraction of sp³-hybridized carbons (Fsp3) is 1.00. The van der Waals surface area contributed by atoms with Crippen LogP contribution in [0.15, 0.2) is 0 Å². The Bertz CT molecular complexity index is 164. The first kappa shape index (κ1) is 11.8. The summed E-state index contributed by atoms with van der Waals surface area (Å²) in [4.78, 5) is 1.89. The van der Waals surface area contributed by atoms with Gasteiger partial charge in [-0.05, 0) is 6.42 Å². The van der Waals surface area contributed by atoms with Crippen LogP contribution < -0.4 is 5.32 Å². The second kappa shape index (κ2) is 4.98. The number of alkyl halides is 3. The average Bonchev–Trinajstić information content (AvgIpc) is 2.14. The fourth-order valence-corrected chi connectivity index (χ4v) is 1.67. The van der Waals surface area contributed by atoms with Gasteiger partial charge in [0.2, 0.25) is 0 Å². The Morgan fingerprint density at radius 3 is 2.29 bits per heavy atom. The van der Waals surface area contributed by atoms with E-state index in [2.05, 4.69) is 5.32 Å². The van der Waals surface area contributed by atoms with E-state index in [1.165, 1.54) is 0 Å². The number of hydrogen-bond donors (Lipinski definition) is 1. The monoisotopic (exact) mass is 210 g/mol. The number of piperazine rings is 1.